The fraction of sp³-hybridized carbons (Fsp3) is 0.0400. The van der Waals surface area contributed by atoms with E-state index in [0.717, 1.165) is 16.3 Å². The molecule has 0 fully saturated rings. The van der Waals surface area contributed by atoms with E-state index in [1.165, 1.54) is 17.3 Å². The zero-order valence-electron chi connectivity index (χ0n) is 18.3. The SMILES string of the molecule is Cc1cccc(Nc2nnc(-c3ccc(Oc4cc(N)nc(Sc5ccccn5)c4)cc3)[nH]2)c1. The molecule has 2 aromatic carbocycles. The highest BCUT2D eigenvalue weighted by molar-refractivity contribution is 7.99. The monoisotopic (exact) mass is 467 g/mol. The van der Waals surface area contributed by atoms with E-state index >= 15 is 0 Å². The minimum Gasteiger partial charge on any atom is -0.457 e. The standard InChI is InChI=1S/C25H21N7OS/c1-16-5-4-6-18(13-16)28-25-30-24(31-32-25)17-8-10-19(11-9-17)33-20-14-21(26)29-23(15-20)34-22-7-2-3-12-27-22/h2-15H,1H3,(H2,26,29)(H2,28,30,31,32). The molecule has 8 nitrogen and oxygen atoms in total. The molecule has 0 unspecified atom stereocenters. The summed E-state index contributed by atoms with van der Waals surface area (Å²) in [5, 5.41) is 13.2. The summed E-state index contributed by atoms with van der Waals surface area (Å²) in [6.07, 6.45) is 1.74. The van der Waals surface area contributed by atoms with Gasteiger partial charge in [-0.1, -0.05) is 18.2 Å². The van der Waals surface area contributed by atoms with Gasteiger partial charge in [0.25, 0.3) is 0 Å². The number of benzene rings is 2. The molecule has 3 aromatic heterocycles. The molecule has 0 aliphatic carbocycles. The molecule has 5 rings (SSSR count). The van der Waals surface area contributed by atoms with Crippen LogP contribution in [0.3, 0.4) is 0 Å². The third kappa shape index (κ3) is 5.33. The van der Waals surface area contributed by atoms with Crippen molar-refractivity contribution in [2.45, 2.75) is 17.0 Å². The van der Waals surface area contributed by atoms with E-state index < -0.39 is 0 Å². The fourth-order valence-electron chi connectivity index (χ4n) is 3.25. The van der Waals surface area contributed by atoms with Gasteiger partial charge in [0.2, 0.25) is 5.95 Å². The summed E-state index contributed by atoms with van der Waals surface area (Å²) in [5.41, 5.74) is 8.98. The van der Waals surface area contributed by atoms with Crippen LogP contribution in [-0.2, 0) is 0 Å². The van der Waals surface area contributed by atoms with Gasteiger partial charge in [-0.25, -0.2) is 9.97 Å². The molecular formula is C25H21N7OS. The quantitative estimate of drug-likeness (QED) is 0.273. The highest BCUT2D eigenvalue weighted by atomic mass is 32.2. The third-order valence-corrected chi connectivity index (χ3v) is 5.64. The van der Waals surface area contributed by atoms with Gasteiger partial charge in [0, 0.05) is 29.6 Å². The Labute approximate surface area is 200 Å². The molecule has 0 bridgehead atoms. The number of nitrogens with zero attached hydrogens (tertiary/aromatic N) is 4. The largest absolute Gasteiger partial charge is 0.457 e. The number of aryl methyl sites for hydroxylation is 1. The minimum absolute atomic E-state index is 0.378. The average Bonchev–Trinajstić information content (AvgIpc) is 3.28. The maximum Gasteiger partial charge on any atom is 0.226 e. The summed E-state index contributed by atoms with van der Waals surface area (Å²) in [7, 11) is 0. The van der Waals surface area contributed by atoms with Crippen LogP contribution in [0.4, 0.5) is 17.5 Å². The number of pyridine rings is 2. The van der Waals surface area contributed by atoms with Gasteiger partial charge in [0.1, 0.15) is 27.4 Å². The van der Waals surface area contributed by atoms with Crippen molar-refractivity contribution in [1.82, 2.24) is 25.1 Å². The summed E-state index contributed by atoms with van der Waals surface area (Å²) in [6, 6.07) is 24.9. The first-order valence-electron chi connectivity index (χ1n) is 10.5. The Balaban J connectivity index is 1.27. The lowest BCUT2D eigenvalue weighted by molar-refractivity contribution is 0.480. The van der Waals surface area contributed by atoms with Gasteiger partial charge in [-0.05, 0) is 72.8 Å². The number of H-pyrrole nitrogens is 1. The van der Waals surface area contributed by atoms with Crippen LogP contribution in [0.25, 0.3) is 11.4 Å². The van der Waals surface area contributed by atoms with Crippen molar-refractivity contribution >= 4 is 29.2 Å². The third-order valence-electron chi connectivity index (χ3n) is 4.77. The molecule has 5 aromatic rings. The highest BCUT2D eigenvalue weighted by Crippen LogP contribution is 2.31. The lowest BCUT2D eigenvalue weighted by Crippen LogP contribution is -1.94. The number of anilines is 3. The second-order valence-electron chi connectivity index (χ2n) is 7.48. The molecule has 0 aliphatic heterocycles. The van der Waals surface area contributed by atoms with E-state index in [9.17, 15) is 0 Å². The molecule has 168 valence electrons. The van der Waals surface area contributed by atoms with E-state index in [2.05, 4.69) is 30.5 Å². The second kappa shape index (κ2) is 9.63. The Morgan fingerprint density at radius 2 is 1.76 bits per heavy atom. The van der Waals surface area contributed by atoms with Crippen molar-refractivity contribution in [2.24, 2.45) is 0 Å². The van der Waals surface area contributed by atoms with Crippen LogP contribution in [0.15, 0.2) is 95.1 Å². The summed E-state index contributed by atoms with van der Waals surface area (Å²) >= 11 is 1.42. The number of nitrogen functional groups attached to an aromatic ring is 1. The first-order chi connectivity index (χ1) is 16.6. The minimum atomic E-state index is 0.378. The van der Waals surface area contributed by atoms with E-state index in [1.54, 1.807) is 12.3 Å². The van der Waals surface area contributed by atoms with Crippen molar-refractivity contribution in [3.05, 3.63) is 90.6 Å². The van der Waals surface area contributed by atoms with Crippen molar-refractivity contribution in [2.75, 3.05) is 11.1 Å². The van der Waals surface area contributed by atoms with Crippen molar-refractivity contribution in [3.8, 4) is 22.9 Å². The Morgan fingerprint density at radius 3 is 2.56 bits per heavy atom. The molecular weight excluding hydrogens is 446 g/mol. The first-order valence-corrected chi connectivity index (χ1v) is 11.3. The van der Waals surface area contributed by atoms with Crippen molar-refractivity contribution < 1.29 is 4.74 Å². The summed E-state index contributed by atoms with van der Waals surface area (Å²) < 4.78 is 6.01. The molecule has 0 spiro atoms. The Hall–Kier alpha value is -4.37. The molecule has 0 saturated carbocycles. The molecule has 3 heterocycles. The first kappa shape index (κ1) is 21.5. The summed E-state index contributed by atoms with van der Waals surface area (Å²) in [6.45, 7) is 2.04. The molecule has 4 N–H and O–H groups in total. The van der Waals surface area contributed by atoms with Crippen LogP contribution in [0.1, 0.15) is 5.56 Å². The second-order valence-corrected chi connectivity index (χ2v) is 8.52. The maximum absolute atomic E-state index is 6.01. The molecule has 0 radical (unpaired) electrons. The van der Waals surface area contributed by atoms with Gasteiger partial charge in [-0.3, -0.25) is 0 Å². The molecule has 0 aliphatic rings. The number of aromatic amines is 1. The number of ether oxygens (including phenoxy) is 1. The number of aromatic nitrogens is 5. The van der Waals surface area contributed by atoms with Gasteiger partial charge in [0.05, 0.1) is 0 Å². The topological polar surface area (TPSA) is 115 Å². The van der Waals surface area contributed by atoms with Gasteiger partial charge < -0.3 is 20.8 Å². The van der Waals surface area contributed by atoms with Gasteiger partial charge in [-0.15, -0.1) is 10.2 Å². The Morgan fingerprint density at radius 1 is 0.882 bits per heavy atom. The number of nitrogens with two attached hydrogens (primary N) is 1. The van der Waals surface area contributed by atoms with Gasteiger partial charge in [-0.2, -0.15) is 0 Å². The average molecular weight is 468 g/mol. The number of rotatable bonds is 7. The Bertz CT molecular complexity index is 1400. The Kier molecular flexibility index (Phi) is 6.09. The lowest BCUT2D eigenvalue weighted by Gasteiger charge is -2.09. The van der Waals surface area contributed by atoms with Crippen LogP contribution in [0.5, 0.6) is 11.5 Å². The fourth-order valence-corrected chi connectivity index (χ4v) is 4.05. The summed E-state index contributed by atoms with van der Waals surface area (Å²) in [5.74, 6) is 2.88. The van der Waals surface area contributed by atoms with E-state index in [0.29, 0.717) is 34.1 Å². The van der Waals surface area contributed by atoms with Crippen LogP contribution < -0.4 is 15.8 Å². The van der Waals surface area contributed by atoms with Crippen LogP contribution in [0, 0.1) is 6.92 Å². The molecule has 0 amide bonds. The van der Waals surface area contributed by atoms with Crippen LogP contribution >= 0.6 is 11.8 Å². The normalized spacial score (nSPS) is 10.7. The van der Waals surface area contributed by atoms with Crippen LogP contribution in [-0.4, -0.2) is 25.1 Å². The van der Waals surface area contributed by atoms with E-state index in [4.69, 9.17) is 10.5 Å². The molecule has 34 heavy (non-hydrogen) atoms. The maximum atomic E-state index is 6.01. The van der Waals surface area contributed by atoms with Gasteiger partial charge >= 0.3 is 0 Å². The number of hydrogen-bond acceptors (Lipinski definition) is 8. The number of hydrogen-bond donors (Lipinski definition) is 3. The summed E-state index contributed by atoms with van der Waals surface area (Å²) in [4.78, 5) is 11.9. The predicted molar refractivity (Wildman–Crippen MR) is 133 cm³/mol. The zero-order valence-corrected chi connectivity index (χ0v) is 19.1. The van der Waals surface area contributed by atoms with Crippen molar-refractivity contribution in [1.29, 1.82) is 0 Å². The van der Waals surface area contributed by atoms with Crippen molar-refractivity contribution in [3.63, 3.8) is 0 Å². The lowest BCUT2D eigenvalue weighted by atomic mass is 10.2. The van der Waals surface area contributed by atoms with Crippen LogP contribution in [0.2, 0.25) is 0 Å². The highest BCUT2D eigenvalue weighted by Gasteiger charge is 2.09. The van der Waals surface area contributed by atoms with E-state index in [-0.39, 0.29) is 0 Å². The number of nitrogens with one attached hydrogen (secondary N) is 2. The van der Waals surface area contributed by atoms with E-state index in [1.807, 2.05) is 79.7 Å². The smallest absolute Gasteiger partial charge is 0.226 e. The molecule has 9 heteroatoms. The molecule has 0 atom stereocenters. The predicted octanol–water partition coefficient (Wildman–Crippen LogP) is 5.84. The van der Waals surface area contributed by atoms with Gasteiger partial charge in [0.15, 0.2) is 5.82 Å². The zero-order chi connectivity index (χ0) is 23.3. The molecule has 0 saturated heterocycles.